The molecule has 138 valence electrons. The van der Waals surface area contributed by atoms with Crippen LogP contribution in [0.15, 0.2) is 47.1 Å². The molecule has 8 nitrogen and oxygen atoms in total. The molecule has 0 spiro atoms. The van der Waals surface area contributed by atoms with Crippen molar-refractivity contribution in [2.24, 2.45) is 0 Å². The number of ether oxygens (including phenoxy) is 1. The summed E-state index contributed by atoms with van der Waals surface area (Å²) >= 11 is 0. The summed E-state index contributed by atoms with van der Waals surface area (Å²) < 4.78 is 11.4. The predicted molar refractivity (Wildman–Crippen MR) is 91.7 cm³/mol. The molecule has 0 aliphatic carbocycles. The summed E-state index contributed by atoms with van der Waals surface area (Å²) in [5.41, 5.74) is 0.540. The molecule has 0 amide bonds. The summed E-state index contributed by atoms with van der Waals surface area (Å²) in [7, 11) is 1.92. The molecule has 0 aliphatic heterocycles. The number of hydrogen-bond donors (Lipinski definition) is 3. The fourth-order valence-corrected chi connectivity index (χ4v) is 2.01. The summed E-state index contributed by atoms with van der Waals surface area (Å²) in [6, 6.07) is 13.2. The first-order valence-electron chi connectivity index (χ1n) is 7.79. The zero-order valence-corrected chi connectivity index (χ0v) is 14.2. The van der Waals surface area contributed by atoms with Gasteiger partial charge in [0.25, 0.3) is 0 Å². The lowest BCUT2D eigenvalue weighted by Crippen LogP contribution is -2.13. The van der Waals surface area contributed by atoms with Crippen LogP contribution in [0.2, 0.25) is 0 Å². The maximum Gasteiger partial charge on any atom is 0.414 e. The molecule has 0 saturated heterocycles. The molecule has 2 rings (SSSR count). The van der Waals surface area contributed by atoms with Gasteiger partial charge in [0.1, 0.15) is 17.6 Å². The number of nitrogens with zero attached hydrogens (tertiary/aromatic N) is 1. The van der Waals surface area contributed by atoms with E-state index in [1.807, 2.05) is 37.4 Å². The lowest BCUT2D eigenvalue weighted by atomic mass is 10.1. The highest BCUT2D eigenvalue weighted by atomic mass is 16.5. The van der Waals surface area contributed by atoms with Gasteiger partial charge in [0.15, 0.2) is 6.10 Å². The number of carbonyl (C=O) groups is 2. The number of furan rings is 1. The summed E-state index contributed by atoms with van der Waals surface area (Å²) in [4.78, 5) is 18.2. The minimum absolute atomic E-state index is 0.173. The maximum absolute atomic E-state index is 9.11. The van der Waals surface area contributed by atoms with E-state index in [9.17, 15) is 0 Å². The van der Waals surface area contributed by atoms with Crippen molar-refractivity contribution < 1.29 is 29.0 Å². The van der Waals surface area contributed by atoms with E-state index < -0.39 is 11.9 Å². The summed E-state index contributed by atoms with van der Waals surface area (Å²) in [5.74, 6) is -2.26. The van der Waals surface area contributed by atoms with Gasteiger partial charge in [-0.3, -0.25) is 0 Å². The number of benzene rings is 1. The van der Waals surface area contributed by atoms with E-state index in [1.54, 1.807) is 12.3 Å². The van der Waals surface area contributed by atoms with E-state index >= 15 is 0 Å². The normalized spacial score (nSPS) is 10.8. The molecule has 1 aromatic heterocycles. The zero-order valence-electron chi connectivity index (χ0n) is 14.2. The largest absolute Gasteiger partial charge is 0.481 e. The van der Waals surface area contributed by atoms with Crippen LogP contribution in [0.25, 0.3) is 0 Å². The van der Waals surface area contributed by atoms with E-state index in [0.29, 0.717) is 11.3 Å². The molecule has 1 aromatic carbocycles. The standard InChI is InChI=1S/C16H18N2O2.C2H2O4/c1-18-10-4-8-16(15-9-5-11-19-15)20-14-7-3-2-6-13(14)12-17;3-1(4)2(5)6/h2-3,5-7,9,11,16,18H,4,8,10H2,1H3;(H,3,4)(H,5,6). The average Bonchev–Trinajstić information content (AvgIpc) is 3.16. The second-order valence-electron chi connectivity index (χ2n) is 5.09. The van der Waals surface area contributed by atoms with Crippen molar-refractivity contribution in [1.29, 1.82) is 5.26 Å². The Morgan fingerprint density at radius 1 is 1.23 bits per heavy atom. The summed E-state index contributed by atoms with van der Waals surface area (Å²) in [5, 5.41) is 27.0. The molecule has 1 atom stereocenters. The van der Waals surface area contributed by atoms with Gasteiger partial charge in [0.05, 0.1) is 11.8 Å². The average molecular weight is 360 g/mol. The van der Waals surface area contributed by atoms with E-state index in [1.165, 1.54) is 0 Å². The summed E-state index contributed by atoms with van der Waals surface area (Å²) in [6.07, 6.45) is 3.26. The molecular weight excluding hydrogens is 340 g/mol. The third-order valence-corrected chi connectivity index (χ3v) is 3.21. The minimum atomic E-state index is -1.82. The van der Waals surface area contributed by atoms with Crippen LogP contribution in [0.1, 0.15) is 30.3 Å². The molecule has 2 aromatic rings. The Labute approximate surface area is 150 Å². The molecule has 0 saturated carbocycles. The number of carboxylic acids is 2. The van der Waals surface area contributed by atoms with Crippen LogP contribution in [0.5, 0.6) is 5.75 Å². The lowest BCUT2D eigenvalue weighted by Gasteiger charge is -2.18. The van der Waals surface area contributed by atoms with Crippen LogP contribution in [-0.4, -0.2) is 35.7 Å². The fourth-order valence-electron chi connectivity index (χ4n) is 2.01. The van der Waals surface area contributed by atoms with Crippen molar-refractivity contribution >= 4 is 11.9 Å². The molecule has 0 aliphatic rings. The van der Waals surface area contributed by atoms with Crippen molar-refractivity contribution in [2.75, 3.05) is 13.6 Å². The molecule has 1 unspecified atom stereocenters. The van der Waals surface area contributed by atoms with E-state index in [4.69, 9.17) is 34.2 Å². The number of carboxylic acid groups (broad SMARTS) is 2. The SMILES string of the molecule is CNCCCC(Oc1ccccc1C#N)c1ccco1.O=C(O)C(=O)O. The molecule has 0 radical (unpaired) electrons. The number of nitrogens with one attached hydrogen (secondary N) is 1. The van der Waals surface area contributed by atoms with Crippen molar-refractivity contribution in [1.82, 2.24) is 5.32 Å². The lowest BCUT2D eigenvalue weighted by molar-refractivity contribution is -0.159. The topological polar surface area (TPSA) is 133 Å². The Morgan fingerprint density at radius 2 is 1.92 bits per heavy atom. The van der Waals surface area contributed by atoms with Gasteiger partial charge < -0.3 is 24.7 Å². The number of hydrogen-bond acceptors (Lipinski definition) is 6. The number of nitriles is 1. The van der Waals surface area contributed by atoms with Gasteiger partial charge in [-0.2, -0.15) is 5.26 Å². The number of rotatable bonds is 7. The van der Waals surface area contributed by atoms with Crippen molar-refractivity contribution in [3.63, 3.8) is 0 Å². The van der Waals surface area contributed by atoms with Gasteiger partial charge in [-0.15, -0.1) is 0 Å². The third kappa shape index (κ3) is 7.07. The molecule has 0 fully saturated rings. The number of aliphatic carboxylic acids is 2. The Hall–Kier alpha value is -3.31. The first-order valence-corrected chi connectivity index (χ1v) is 7.79. The second-order valence-corrected chi connectivity index (χ2v) is 5.09. The van der Waals surface area contributed by atoms with Crippen molar-refractivity contribution in [2.45, 2.75) is 18.9 Å². The fraction of sp³-hybridized carbons (Fsp3) is 0.278. The predicted octanol–water partition coefficient (Wildman–Crippen LogP) is 2.43. The highest BCUT2D eigenvalue weighted by Crippen LogP contribution is 2.28. The molecule has 26 heavy (non-hydrogen) atoms. The molecule has 0 bridgehead atoms. The monoisotopic (exact) mass is 360 g/mol. The van der Waals surface area contributed by atoms with Crippen LogP contribution in [-0.2, 0) is 9.59 Å². The van der Waals surface area contributed by atoms with Gasteiger partial charge in [-0.05, 0) is 50.7 Å². The van der Waals surface area contributed by atoms with Crippen LogP contribution in [0.4, 0.5) is 0 Å². The molecule has 1 heterocycles. The van der Waals surface area contributed by atoms with E-state index in [0.717, 1.165) is 25.1 Å². The smallest absolute Gasteiger partial charge is 0.414 e. The van der Waals surface area contributed by atoms with E-state index in [-0.39, 0.29) is 6.10 Å². The first-order chi connectivity index (χ1) is 12.5. The van der Waals surface area contributed by atoms with Crippen LogP contribution < -0.4 is 10.1 Å². The maximum atomic E-state index is 9.11. The van der Waals surface area contributed by atoms with Gasteiger partial charge in [-0.25, -0.2) is 9.59 Å². The van der Waals surface area contributed by atoms with Crippen molar-refractivity contribution in [3.05, 3.63) is 54.0 Å². The first kappa shape index (κ1) is 20.7. The summed E-state index contributed by atoms with van der Waals surface area (Å²) in [6.45, 7) is 0.917. The Bertz CT molecular complexity index is 724. The Balaban J connectivity index is 0.000000487. The van der Waals surface area contributed by atoms with Gasteiger partial charge in [-0.1, -0.05) is 12.1 Å². The zero-order chi connectivity index (χ0) is 19.4. The van der Waals surface area contributed by atoms with E-state index in [2.05, 4.69) is 11.4 Å². The van der Waals surface area contributed by atoms with Crippen LogP contribution in [0, 0.1) is 11.3 Å². The minimum Gasteiger partial charge on any atom is -0.481 e. The van der Waals surface area contributed by atoms with Gasteiger partial charge >= 0.3 is 11.9 Å². The molecule has 8 heteroatoms. The van der Waals surface area contributed by atoms with Gasteiger partial charge in [0.2, 0.25) is 0 Å². The number of para-hydroxylation sites is 1. The van der Waals surface area contributed by atoms with Gasteiger partial charge in [0, 0.05) is 0 Å². The molecular formula is C18H20N2O6. The highest BCUT2D eigenvalue weighted by Gasteiger charge is 2.17. The second kappa shape index (κ2) is 11.3. The third-order valence-electron chi connectivity index (χ3n) is 3.21. The Morgan fingerprint density at radius 3 is 2.46 bits per heavy atom. The quantitative estimate of drug-likeness (QED) is 0.506. The van der Waals surface area contributed by atoms with Crippen LogP contribution >= 0.6 is 0 Å². The Kier molecular flexibility index (Phi) is 9.00. The highest BCUT2D eigenvalue weighted by molar-refractivity contribution is 6.27. The molecule has 3 N–H and O–H groups in total. The van der Waals surface area contributed by atoms with Crippen LogP contribution in [0.3, 0.4) is 0 Å². The van der Waals surface area contributed by atoms with Crippen molar-refractivity contribution in [3.8, 4) is 11.8 Å².